The number of nitrogens with one attached hydrogen (secondary N) is 3. The van der Waals surface area contributed by atoms with Crippen molar-refractivity contribution < 1.29 is 22.8 Å². The highest BCUT2D eigenvalue weighted by molar-refractivity contribution is 5.99. The molecule has 0 radical (unpaired) electrons. The molecule has 0 fully saturated rings. The third kappa shape index (κ3) is 5.74. The molecular weight excluding hydrogens is 507 g/mol. The van der Waals surface area contributed by atoms with Gasteiger partial charge in [-0.05, 0) is 31.2 Å². The van der Waals surface area contributed by atoms with Gasteiger partial charge in [0.05, 0.1) is 29.9 Å². The van der Waals surface area contributed by atoms with E-state index in [1.54, 1.807) is 40.2 Å². The van der Waals surface area contributed by atoms with Gasteiger partial charge in [0.25, 0.3) is 11.8 Å². The molecule has 1 aromatic carbocycles. The second-order valence-electron chi connectivity index (χ2n) is 8.53. The number of benzene rings is 1. The zero-order chi connectivity index (χ0) is 30.8. The number of hydrogen-bond donors (Lipinski definition) is 3. The number of halogens is 1. The van der Waals surface area contributed by atoms with Crippen molar-refractivity contribution in [1.29, 1.82) is 0 Å². The first kappa shape index (κ1) is 23.0. The molecule has 14 heteroatoms. The van der Waals surface area contributed by atoms with Crippen molar-refractivity contribution in [3.05, 3.63) is 59.3 Å². The Morgan fingerprint density at radius 3 is 2.46 bits per heavy atom. The van der Waals surface area contributed by atoms with E-state index in [1.165, 1.54) is 34.9 Å². The van der Waals surface area contributed by atoms with Crippen molar-refractivity contribution in [3.63, 3.8) is 0 Å². The zero-order valence-electron chi connectivity index (χ0n) is 24.7. The highest BCUT2D eigenvalue weighted by Crippen LogP contribution is 2.39. The smallest absolute Gasteiger partial charge is 0.273 e. The average Bonchev–Trinajstić information content (AvgIpc) is 3.29. The highest BCUT2D eigenvalue weighted by atomic mass is 19.1. The van der Waals surface area contributed by atoms with Crippen molar-refractivity contribution in [1.82, 2.24) is 40.4 Å². The van der Waals surface area contributed by atoms with Crippen LogP contribution in [0.4, 0.5) is 27.4 Å². The first-order valence-electron chi connectivity index (χ1n) is 12.9. The molecule has 0 atom stereocenters. The second kappa shape index (κ2) is 11.1. The first-order chi connectivity index (χ1) is 19.8. The molecule has 3 aromatic heterocycles. The summed E-state index contributed by atoms with van der Waals surface area (Å²) in [5.41, 5.74) is 1.02. The van der Waals surface area contributed by atoms with Gasteiger partial charge in [-0.2, -0.15) is 10.2 Å². The number of methoxy groups -OCH3 is 1. The van der Waals surface area contributed by atoms with E-state index in [0.717, 1.165) is 6.07 Å². The topological polar surface area (TPSA) is 152 Å². The van der Waals surface area contributed by atoms with Gasteiger partial charge in [-0.15, -0.1) is 15.3 Å². The fraction of sp³-hybridized carbons (Fsp3) is 0.240. The summed E-state index contributed by atoms with van der Waals surface area (Å²) in [7, 11) is 6.12. The SMILES string of the molecule is [2H]C([2H])([2H])NC(=O)c1nnc(Nc2ccc(C)nn2)cc1Nc1cc(F)cc(-c2cc(C(=O)N(C)C)n(C)n2)c1OC. The van der Waals surface area contributed by atoms with Gasteiger partial charge in [0.1, 0.15) is 11.5 Å². The van der Waals surface area contributed by atoms with Gasteiger partial charge in [-0.3, -0.25) is 14.3 Å². The third-order valence-electron chi connectivity index (χ3n) is 5.48. The van der Waals surface area contributed by atoms with E-state index in [2.05, 4.69) is 36.1 Å². The Bertz CT molecular complexity index is 1640. The lowest BCUT2D eigenvalue weighted by Crippen LogP contribution is -2.24. The van der Waals surface area contributed by atoms with Crippen LogP contribution in [0.5, 0.6) is 5.75 Å². The van der Waals surface area contributed by atoms with Crippen LogP contribution in [0, 0.1) is 12.7 Å². The van der Waals surface area contributed by atoms with Crippen LogP contribution in [-0.4, -0.2) is 75.1 Å². The van der Waals surface area contributed by atoms with Crippen molar-refractivity contribution in [2.45, 2.75) is 6.92 Å². The Balaban J connectivity index is 1.80. The monoisotopic (exact) mass is 537 g/mol. The molecule has 202 valence electrons. The van der Waals surface area contributed by atoms with Crippen LogP contribution in [0.1, 0.15) is 30.8 Å². The zero-order valence-corrected chi connectivity index (χ0v) is 21.7. The van der Waals surface area contributed by atoms with Crippen molar-refractivity contribution >= 4 is 34.8 Å². The third-order valence-corrected chi connectivity index (χ3v) is 5.48. The Morgan fingerprint density at radius 2 is 1.79 bits per heavy atom. The van der Waals surface area contributed by atoms with E-state index in [0.29, 0.717) is 11.5 Å². The van der Waals surface area contributed by atoms with Gasteiger partial charge in [0, 0.05) is 49.9 Å². The van der Waals surface area contributed by atoms with Crippen LogP contribution in [0.25, 0.3) is 11.3 Å². The summed E-state index contributed by atoms with van der Waals surface area (Å²) < 4.78 is 44.2. The second-order valence-corrected chi connectivity index (χ2v) is 8.53. The predicted octanol–water partition coefficient (Wildman–Crippen LogP) is 2.67. The van der Waals surface area contributed by atoms with Gasteiger partial charge in [0.2, 0.25) is 0 Å². The van der Waals surface area contributed by atoms with Crippen LogP contribution in [-0.2, 0) is 7.05 Å². The minimum absolute atomic E-state index is 0.0336. The van der Waals surface area contributed by atoms with Crippen LogP contribution < -0.4 is 20.7 Å². The maximum absolute atomic E-state index is 15.0. The highest BCUT2D eigenvalue weighted by Gasteiger charge is 2.22. The number of carbonyl (C=O) groups excluding carboxylic acids is 2. The molecule has 0 saturated carbocycles. The average molecular weight is 538 g/mol. The molecule has 2 amide bonds. The maximum Gasteiger partial charge on any atom is 0.273 e. The Morgan fingerprint density at radius 1 is 1.03 bits per heavy atom. The van der Waals surface area contributed by atoms with Crippen LogP contribution in [0.15, 0.2) is 36.4 Å². The number of carbonyl (C=O) groups is 2. The summed E-state index contributed by atoms with van der Waals surface area (Å²) >= 11 is 0. The minimum Gasteiger partial charge on any atom is -0.494 e. The largest absolute Gasteiger partial charge is 0.494 e. The molecule has 0 spiro atoms. The predicted molar refractivity (Wildman–Crippen MR) is 142 cm³/mol. The molecular formula is C25H27FN10O3. The van der Waals surface area contributed by atoms with Gasteiger partial charge in [-0.25, -0.2) is 4.39 Å². The molecule has 3 heterocycles. The molecule has 0 aliphatic carbocycles. The quantitative estimate of drug-likeness (QED) is 0.306. The summed E-state index contributed by atoms with van der Waals surface area (Å²) in [5.74, 6) is -1.49. The number of aromatic nitrogens is 6. The number of hydrogen-bond acceptors (Lipinski definition) is 10. The number of rotatable bonds is 8. The van der Waals surface area contributed by atoms with Gasteiger partial charge >= 0.3 is 0 Å². The lowest BCUT2D eigenvalue weighted by molar-refractivity contribution is 0.0816. The number of aryl methyl sites for hydroxylation is 2. The van der Waals surface area contributed by atoms with Crippen LogP contribution in [0.3, 0.4) is 0 Å². The molecule has 0 aliphatic rings. The summed E-state index contributed by atoms with van der Waals surface area (Å²) in [6, 6.07) is 8.53. The summed E-state index contributed by atoms with van der Waals surface area (Å²) in [6.45, 7) is -1.04. The fourth-order valence-corrected chi connectivity index (χ4v) is 3.64. The molecule has 4 rings (SSSR count). The van der Waals surface area contributed by atoms with E-state index in [1.807, 2.05) is 5.32 Å². The Hall–Kier alpha value is -5.14. The normalized spacial score (nSPS) is 12.1. The summed E-state index contributed by atoms with van der Waals surface area (Å²) in [6.07, 6.45) is 0. The van der Waals surface area contributed by atoms with E-state index < -0.39 is 24.4 Å². The first-order valence-corrected chi connectivity index (χ1v) is 11.4. The number of ether oxygens (including phenoxy) is 1. The minimum atomic E-state index is -2.81. The molecule has 3 N–H and O–H groups in total. The molecule has 0 unspecified atom stereocenters. The molecule has 0 bridgehead atoms. The molecule has 39 heavy (non-hydrogen) atoms. The molecule has 13 nitrogen and oxygen atoms in total. The van der Waals surface area contributed by atoms with Gasteiger partial charge in [0.15, 0.2) is 23.1 Å². The Labute approximate surface area is 227 Å². The van der Waals surface area contributed by atoms with E-state index in [9.17, 15) is 14.0 Å². The number of nitrogens with zero attached hydrogens (tertiary/aromatic N) is 7. The van der Waals surface area contributed by atoms with E-state index in [-0.39, 0.29) is 45.8 Å². The van der Waals surface area contributed by atoms with Crippen molar-refractivity contribution in [2.75, 3.05) is 38.8 Å². The lowest BCUT2D eigenvalue weighted by atomic mass is 10.1. The standard InChI is InChI=1S/C25H27FN10O3/c1-13-7-8-20(31-30-13)29-21-12-17(22(33-32-21)24(37)27-2)28-18-10-14(26)9-15(23(18)39-6)16-11-19(36(5)34-16)25(38)35(3)4/h7-12H,1-6H3,(H,27,37)(H2,28,29,31,32)/i2D3. The van der Waals surface area contributed by atoms with Gasteiger partial charge < -0.3 is 25.6 Å². The van der Waals surface area contributed by atoms with Crippen molar-refractivity contribution in [3.8, 4) is 17.0 Å². The fourth-order valence-electron chi connectivity index (χ4n) is 3.64. The molecule has 4 aromatic rings. The number of anilines is 4. The van der Waals surface area contributed by atoms with Crippen LogP contribution in [0.2, 0.25) is 0 Å². The van der Waals surface area contributed by atoms with Crippen LogP contribution >= 0.6 is 0 Å². The summed E-state index contributed by atoms with van der Waals surface area (Å²) in [5, 5.41) is 27.8. The van der Waals surface area contributed by atoms with Gasteiger partial charge in [-0.1, -0.05) is 0 Å². The molecule has 0 saturated heterocycles. The van der Waals surface area contributed by atoms with E-state index in [4.69, 9.17) is 8.85 Å². The maximum atomic E-state index is 15.0. The van der Waals surface area contributed by atoms with Crippen molar-refractivity contribution in [2.24, 2.45) is 7.05 Å². The number of amides is 2. The van der Waals surface area contributed by atoms with E-state index >= 15 is 0 Å². The molecule has 0 aliphatic heterocycles. The lowest BCUT2D eigenvalue weighted by Gasteiger charge is -2.16. The summed E-state index contributed by atoms with van der Waals surface area (Å²) in [4.78, 5) is 26.8. The Kier molecular flexibility index (Phi) is 6.54.